The summed E-state index contributed by atoms with van der Waals surface area (Å²) in [7, 11) is 1.84. The molecule has 7 aliphatic rings. The van der Waals surface area contributed by atoms with Crippen LogP contribution < -0.4 is 31.1 Å². The summed E-state index contributed by atoms with van der Waals surface area (Å²) < 4.78 is 0. The molecule has 0 saturated carbocycles. The highest BCUT2D eigenvalue weighted by Crippen LogP contribution is 2.37. The molecule has 17 nitrogen and oxygen atoms in total. The number of carbonyl (C=O) groups excluding carboxylic acids is 5. The minimum absolute atomic E-state index is 0.0665. The van der Waals surface area contributed by atoms with Crippen molar-refractivity contribution in [3.8, 4) is 0 Å². The fraction of sp³-hybridized carbons (Fsp3) is 0.500. The van der Waals surface area contributed by atoms with Crippen molar-refractivity contribution in [2.45, 2.75) is 50.6 Å². The molecule has 8 heterocycles. The lowest BCUT2D eigenvalue weighted by Gasteiger charge is -2.37. The number of piperidine rings is 3. The standard InChI is InChI=1S/C46H56N12O5/c1-28-5-12-38(43(60)49-28)58-44(61)36-11-10-34(20-37(36)45(58)62)54-16-13-29(14-17-54)22-53-23-30-25-56(26-31(30)24-53)33-8-6-32(7-9-33)50-42-40(41(47)59)48-21-39(51-42)55-15-3-4-35(27-55)57-19-18-52(2)46(57)63/h6-11,20-21,29-31,35,38H,1,3-5,12-19,22-27H2,2H3,(H2,47,59)(H,49,60)(H,50,51)/t30?,31?,35-,38?/m1/s1. The fourth-order valence-corrected chi connectivity index (χ4v) is 11.0. The van der Waals surface area contributed by atoms with E-state index in [2.05, 4.69) is 53.9 Å². The lowest BCUT2D eigenvalue weighted by molar-refractivity contribution is -0.125. The van der Waals surface area contributed by atoms with Gasteiger partial charge in [0.15, 0.2) is 11.5 Å². The van der Waals surface area contributed by atoms with Gasteiger partial charge in [0.05, 0.1) is 23.4 Å². The maximum Gasteiger partial charge on any atom is 0.320 e. The van der Waals surface area contributed by atoms with Crippen LogP contribution in [0.1, 0.15) is 69.7 Å². The van der Waals surface area contributed by atoms with Crippen LogP contribution in [0.25, 0.3) is 0 Å². The molecule has 0 aliphatic carbocycles. The van der Waals surface area contributed by atoms with Gasteiger partial charge in [-0.25, -0.2) is 14.8 Å². The molecule has 17 heteroatoms. The number of carbonyl (C=O) groups is 5. The van der Waals surface area contributed by atoms with E-state index in [0.717, 1.165) is 107 Å². The number of nitrogens with one attached hydrogen (secondary N) is 2. The number of imide groups is 1. The lowest BCUT2D eigenvalue weighted by atomic mass is 9.95. The Hall–Kier alpha value is -6.23. The first-order chi connectivity index (χ1) is 30.5. The maximum atomic E-state index is 13.4. The number of amides is 6. The summed E-state index contributed by atoms with van der Waals surface area (Å²) >= 11 is 0. The quantitative estimate of drug-likeness (QED) is 0.254. The maximum absolute atomic E-state index is 13.4. The highest BCUT2D eigenvalue weighted by molar-refractivity contribution is 6.23. The highest BCUT2D eigenvalue weighted by atomic mass is 16.2. The Bertz CT molecular complexity index is 2340. The third kappa shape index (κ3) is 7.80. The SMILES string of the molecule is C=C1CCC(N2C(=O)c3ccc(N4CCC(CN5CC6CN(c7ccc(Nc8nc(N9CCC[C@@H](N%10CCN(C)C%10=O)C9)cnc8C(N)=O)cc7)CC6C5)CC4)cc3C2=O)C(=O)N1. The van der Waals surface area contributed by atoms with E-state index >= 15 is 0 Å². The zero-order chi connectivity index (χ0) is 43.5. The van der Waals surface area contributed by atoms with E-state index in [9.17, 15) is 24.0 Å². The van der Waals surface area contributed by atoms with Crippen molar-refractivity contribution >= 4 is 58.4 Å². The van der Waals surface area contributed by atoms with Crippen LogP contribution in [0.15, 0.2) is 60.9 Å². The first-order valence-electron chi connectivity index (χ1n) is 22.5. The van der Waals surface area contributed by atoms with Gasteiger partial charge in [-0.2, -0.15) is 0 Å². The molecule has 3 aromatic rings. The second-order valence-corrected chi connectivity index (χ2v) is 18.5. The Morgan fingerprint density at radius 3 is 2.25 bits per heavy atom. The molecule has 6 fully saturated rings. The molecule has 6 amide bonds. The van der Waals surface area contributed by atoms with Crippen molar-refractivity contribution in [1.82, 2.24) is 34.9 Å². The molecular weight excluding hydrogens is 801 g/mol. The number of benzene rings is 2. The van der Waals surface area contributed by atoms with Crippen LogP contribution in [0.2, 0.25) is 0 Å². The second kappa shape index (κ2) is 16.5. The van der Waals surface area contributed by atoms with Crippen molar-refractivity contribution in [2.24, 2.45) is 23.5 Å². The largest absolute Gasteiger partial charge is 0.371 e. The zero-order valence-electron chi connectivity index (χ0n) is 35.9. The van der Waals surface area contributed by atoms with Crippen molar-refractivity contribution < 1.29 is 24.0 Å². The molecule has 6 saturated heterocycles. The van der Waals surface area contributed by atoms with Crippen LogP contribution in [0.4, 0.5) is 33.5 Å². The molecule has 0 bridgehead atoms. The predicted molar refractivity (Wildman–Crippen MR) is 238 cm³/mol. The number of nitrogens with two attached hydrogens (primary N) is 1. The van der Waals surface area contributed by atoms with Gasteiger partial charge in [0.2, 0.25) is 5.91 Å². The number of primary amides is 1. The number of hydrogen-bond donors (Lipinski definition) is 3. The van der Waals surface area contributed by atoms with Gasteiger partial charge in [-0.1, -0.05) is 6.58 Å². The summed E-state index contributed by atoms with van der Waals surface area (Å²) in [4.78, 5) is 88.1. The van der Waals surface area contributed by atoms with Crippen molar-refractivity contribution in [1.29, 1.82) is 0 Å². The van der Waals surface area contributed by atoms with Gasteiger partial charge < -0.3 is 45.8 Å². The topological polar surface area (TPSA) is 184 Å². The number of urea groups is 1. The predicted octanol–water partition coefficient (Wildman–Crippen LogP) is 3.33. The van der Waals surface area contributed by atoms with E-state index in [1.54, 1.807) is 17.2 Å². The van der Waals surface area contributed by atoms with Gasteiger partial charge in [0.1, 0.15) is 11.9 Å². The minimum Gasteiger partial charge on any atom is -0.371 e. The molecule has 0 radical (unpaired) electrons. The van der Waals surface area contributed by atoms with Crippen LogP contribution in [0.3, 0.4) is 0 Å². The molecule has 2 aromatic carbocycles. The normalized spacial score (nSPS) is 25.6. The van der Waals surface area contributed by atoms with Crippen LogP contribution in [0.5, 0.6) is 0 Å². The Labute approximate surface area is 367 Å². The van der Waals surface area contributed by atoms with Crippen molar-refractivity contribution in [3.05, 3.63) is 77.8 Å². The van der Waals surface area contributed by atoms with Crippen LogP contribution >= 0.6 is 0 Å². The Balaban J connectivity index is 0.703. The Morgan fingerprint density at radius 2 is 1.56 bits per heavy atom. The first-order valence-corrected chi connectivity index (χ1v) is 22.5. The third-order valence-electron chi connectivity index (χ3n) is 14.5. The minimum atomic E-state index is -0.811. The number of hydrogen-bond acceptors (Lipinski definition) is 12. The van der Waals surface area contributed by atoms with Gasteiger partial charge in [0.25, 0.3) is 17.7 Å². The number of nitrogens with zero attached hydrogens (tertiary/aromatic N) is 9. The van der Waals surface area contributed by atoms with Crippen LogP contribution in [0, 0.1) is 17.8 Å². The summed E-state index contributed by atoms with van der Waals surface area (Å²) in [5.41, 5.74) is 10.1. The van der Waals surface area contributed by atoms with E-state index in [0.29, 0.717) is 65.6 Å². The number of aromatic nitrogens is 2. The average molecular weight is 857 g/mol. The Morgan fingerprint density at radius 1 is 0.825 bits per heavy atom. The van der Waals surface area contributed by atoms with Gasteiger partial charge in [-0.15, -0.1) is 0 Å². The lowest BCUT2D eigenvalue weighted by Crippen LogP contribution is -2.51. The van der Waals surface area contributed by atoms with Gasteiger partial charge >= 0.3 is 6.03 Å². The number of rotatable bonds is 10. The van der Waals surface area contributed by atoms with Gasteiger partial charge in [-0.3, -0.25) is 24.1 Å². The molecule has 10 rings (SSSR count). The molecule has 63 heavy (non-hydrogen) atoms. The van der Waals surface area contributed by atoms with Crippen molar-refractivity contribution in [3.63, 3.8) is 0 Å². The number of anilines is 5. The van der Waals surface area contributed by atoms with Crippen LogP contribution in [-0.4, -0.2) is 150 Å². The van der Waals surface area contributed by atoms with E-state index in [4.69, 9.17) is 10.7 Å². The van der Waals surface area contributed by atoms with Gasteiger partial charge in [-0.05, 0) is 98.7 Å². The van der Waals surface area contributed by atoms with E-state index in [1.807, 2.05) is 36.2 Å². The summed E-state index contributed by atoms with van der Waals surface area (Å²) in [6, 6.07) is 13.1. The molecule has 1 aromatic heterocycles. The first kappa shape index (κ1) is 40.8. The summed E-state index contributed by atoms with van der Waals surface area (Å²) in [5.74, 6) is 0.990. The Kier molecular flexibility index (Phi) is 10.7. The molecule has 3 unspecified atom stereocenters. The number of likely N-dealkylation sites (N-methyl/N-ethyl adjacent to an activating group) is 1. The summed E-state index contributed by atoms with van der Waals surface area (Å²) in [6.45, 7) is 13.8. The summed E-state index contributed by atoms with van der Waals surface area (Å²) in [5, 5.41) is 6.01. The van der Waals surface area contributed by atoms with E-state index < -0.39 is 23.8 Å². The fourth-order valence-electron chi connectivity index (χ4n) is 11.0. The number of likely N-dealkylation sites (tertiary alicyclic amines) is 1. The molecule has 7 aliphatic heterocycles. The van der Waals surface area contributed by atoms with E-state index in [1.165, 1.54) is 5.69 Å². The average Bonchev–Trinajstić information content (AvgIpc) is 4.02. The van der Waals surface area contributed by atoms with E-state index in [-0.39, 0.29) is 23.7 Å². The van der Waals surface area contributed by atoms with Crippen molar-refractivity contribution in [2.75, 3.05) is 99.1 Å². The third-order valence-corrected chi connectivity index (χ3v) is 14.5. The second-order valence-electron chi connectivity index (χ2n) is 18.5. The number of allylic oxidation sites excluding steroid dienone is 1. The van der Waals surface area contributed by atoms with Crippen LogP contribution in [-0.2, 0) is 4.79 Å². The monoisotopic (exact) mass is 856 g/mol. The molecule has 4 atom stereocenters. The zero-order valence-corrected chi connectivity index (χ0v) is 35.9. The molecule has 4 N–H and O–H groups in total. The summed E-state index contributed by atoms with van der Waals surface area (Å²) in [6.07, 6.45) is 6.52. The smallest absolute Gasteiger partial charge is 0.320 e. The number of fused-ring (bicyclic) bond motifs is 2. The highest BCUT2D eigenvalue weighted by Gasteiger charge is 2.45. The van der Waals surface area contributed by atoms with Gasteiger partial charge in [0, 0.05) is 102 Å². The molecule has 0 spiro atoms. The molecule has 330 valence electrons. The molecular formula is C46H56N12O5.